The second kappa shape index (κ2) is 22.1. The Morgan fingerprint density at radius 1 is 0.329 bits per heavy atom. The highest BCUT2D eigenvalue weighted by Gasteiger charge is 2.58. The predicted molar refractivity (Wildman–Crippen MR) is 261 cm³/mol. The minimum Gasteiger partial charge on any atom is -0.480 e. The first-order valence-corrected chi connectivity index (χ1v) is 25.1. The van der Waals surface area contributed by atoms with E-state index in [0.29, 0.717) is 25.7 Å². The predicted octanol–water partition coefficient (Wildman–Crippen LogP) is 6.40. The molecule has 24 nitrogen and oxygen atoms in total. The van der Waals surface area contributed by atoms with E-state index in [-0.39, 0.29) is 73.7 Å². The molecule has 3 saturated heterocycles. The van der Waals surface area contributed by atoms with Crippen LogP contribution in [0.1, 0.15) is 105 Å². The monoisotopic (exact) mass is 1100 g/mol. The summed E-state index contributed by atoms with van der Waals surface area (Å²) in [6.45, 7) is 6.72. The quantitative estimate of drug-likeness (QED) is 0.0590. The third-order valence-electron chi connectivity index (χ3n) is 13.3. The molecule has 8 aliphatic rings. The van der Waals surface area contributed by atoms with E-state index in [1.54, 1.807) is 0 Å². The summed E-state index contributed by atoms with van der Waals surface area (Å²) in [6, 6.07) is 0. The van der Waals surface area contributed by atoms with E-state index in [2.05, 4.69) is 0 Å². The Morgan fingerprint density at radius 3 is 0.861 bits per heavy atom. The lowest BCUT2D eigenvalue weighted by molar-refractivity contribution is -0.302. The lowest BCUT2D eigenvalue weighted by atomic mass is 9.87. The number of esters is 9. The maximum absolute atomic E-state index is 13.1. The molecule has 8 rings (SSSR count). The number of hydrogen-bond acceptors (Lipinski definition) is 24. The molecule has 3 N–H and O–H groups in total. The van der Waals surface area contributed by atoms with Gasteiger partial charge in [0.15, 0.2) is 0 Å². The first kappa shape index (κ1) is 56.1. The second-order valence-corrected chi connectivity index (χ2v) is 19.4. The molecule has 6 aliphatic heterocycles. The Balaban J connectivity index is 0.788. The molecule has 0 radical (unpaired) electrons. The first-order valence-electron chi connectivity index (χ1n) is 25.1. The maximum Gasteiger partial charge on any atom is 0.348 e. The van der Waals surface area contributed by atoms with E-state index < -0.39 is 117 Å². The van der Waals surface area contributed by atoms with Crippen LogP contribution in [0.2, 0.25) is 0 Å². The Morgan fingerprint density at radius 2 is 0.570 bits per heavy atom. The number of cyclic esters (lactones) is 3. The van der Waals surface area contributed by atoms with Crippen molar-refractivity contribution in [2.75, 3.05) is 0 Å². The number of hydrogen-bond donors (Lipinski definition) is 3. The molecule has 1 unspecified atom stereocenters. The van der Waals surface area contributed by atoms with Crippen molar-refractivity contribution < 1.29 is 115 Å². The van der Waals surface area contributed by atoms with E-state index in [9.17, 15) is 58.5 Å². The van der Waals surface area contributed by atoms with Gasteiger partial charge in [0.25, 0.3) is 52.6 Å². The highest BCUT2D eigenvalue weighted by Crippen LogP contribution is 2.48. The van der Waals surface area contributed by atoms with E-state index in [4.69, 9.17) is 56.8 Å². The third kappa shape index (κ3) is 12.2. The number of allylic oxidation sites excluding steroid dienone is 12. The van der Waals surface area contributed by atoms with Crippen molar-refractivity contribution in [3.05, 3.63) is 142 Å². The zero-order chi connectivity index (χ0) is 57.0. The fourth-order valence-electron chi connectivity index (χ4n) is 9.34. The smallest absolute Gasteiger partial charge is 0.348 e. The number of aliphatic hydroxyl groups excluding tert-OH is 3. The minimum atomic E-state index is -1.75. The average Bonchev–Trinajstić information content (AvgIpc) is 3.37. The van der Waals surface area contributed by atoms with Gasteiger partial charge >= 0.3 is 53.7 Å². The summed E-state index contributed by atoms with van der Waals surface area (Å²) >= 11 is 0. The van der Waals surface area contributed by atoms with Crippen molar-refractivity contribution in [2.45, 2.75) is 139 Å². The zero-order valence-electron chi connectivity index (χ0n) is 43.1. The van der Waals surface area contributed by atoms with Crippen LogP contribution >= 0.6 is 0 Å². The topological polar surface area (TPSA) is 325 Å². The van der Waals surface area contributed by atoms with Crippen LogP contribution in [-0.2, 0) is 100.0 Å². The first-order chi connectivity index (χ1) is 37.5. The van der Waals surface area contributed by atoms with Gasteiger partial charge in [-0.2, -0.15) is 0 Å². The highest BCUT2D eigenvalue weighted by molar-refractivity contribution is 6.17. The Bertz CT molecular complexity index is 2950. The SMILES string of the molecule is CCCC1(C)OC(=O)C(=CC=CC=CC2=C(O)OC3(CCC4(CC3)OC(=O)C(C=CC=CC=C3C(=O)OC5(CCC6(CC5)OC(=O)C(=CC=CC=CC5=C(O)OC(C)(CCC)OC5=O)C(=O)O6)OC3=O)=C(O)O4)OC2=O)C(=O)O1. The number of carbonyl (C=O) groups excluding carboxylic acids is 9. The second-order valence-electron chi connectivity index (χ2n) is 19.4. The third-order valence-corrected chi connectivity index (χ3v) is 13.3. The lowest BCUT2D eigenvalue weighted by Gasteiger charge is -2.46. The van der Waals surface area contributed by atoms with Crippen LogP contribution < -0.4 is 0 Å². The van der Waals surface area contributed by atoms with Crippen molar-refractivity contribution in [3.8, 4) is 0 Å². The molecule has 1 atom stereocenters. The molecule has 79 heavy (non-hydrogen) atoms. The average molecular weight is 1100 g/mol. The van der Waals surface area contributed by atoms with Crippen molar-refractivity contribution in [1.29, 1.82) is 0 Å². The van der Waals surface area contributed by atoms with Gasteiger partial charge in [-0.1, -0.05) is 68.5 Å². The van der Waals surface area contributed by atoms with Crippen LogP contribution in [0.15, 0.2) is 142 Å². The summed E-state index contributed by atoms with van der Waals surface area (Å²) < 4.78 is 65.7. The largest absolute Gasteiger partial charge is 0.480 e. The van der Waals surface area contributed by atoms with Crippen LogP contribution in [0.4, 0.5) is 0 Å². The van der Waals surface area contributed by atoms with Gasteiger partial charge in [0.05, 0.1) is 0 Å². The molecule has 418 valence electrons. The molecule has 6 heterocycles. The fraction of sp³-hybridized carbons (Fsp3) is 0.400. The number of ether oxygens (including phenoxy) is 12. The summed E-state index contributed by atoms with van der Waals surface area (Å²) in [5, 5.41) is 31.7. The number of aliphatic hydroxyl groups is 3. The van der Waals surface area contributed by atoms with Crippen LogP contribution in [0, 0.1) is 0 Å². The Kier molecular flexibility index (Phi) is 15.7. The fourth-order valence-corrected chi connectivity index (χ4v) is 9.34. The number of rotatable bonds is 13. The lowest BCUT2D eigenvalue weighted by Crippen LogP contribution is -2.56. The molecular weight excluding hydrogens is 1040 g/mol. The van der Waals surface area contributed by atoms with Gasteiger partial charge in [-0.25, -0.2) is 43.2 Å². The van der Waals surface area contributed by atoms with Gasteiger partial charge < -0.3 is 72.2 Å². The minimum absolute atomic E-state index is 0.136. The van der Waals surface area contributed by atoms with Gasteiger partial charge in [-0.15, -0.1) is 0 Å². The molecule has 2 aliphatic carbocycles. The summed E-state index contributed by atoms with van der Waals surface area (Å²) in [6.07, 6.45) is 19.4. The van der Waals surface area contributed by atoms with Gasteiger partial charge in [-0.05, 0) is 49.3 Å². The standard InChI is InChI=1S/C55H54O24/c1-5-22-50(3)68-38(56)32(39(57)69-50)16-10-7-12-18-34-42(60)72-52(73-43(34)61)24-28-54(29-25-52)76-46(64)36(47(65)77-54)20-14-9-15-21-37-48(66)78-55(79-49(37)67)30-26-53(27-31-55)74-44(62)35(45(63)75-53)19-13-8-11-17-33-40(58)70-51(4,23-6-2)71-41(33)59/h7-21,56,62,66H,5-6,22-31H2,1-4H3. The molecule has 0 bridgehead atoms. The van der Waals surface area contributed by atoms with E-state index >= 15 is 0 Å². The molecule has 0 aromatic heterocycles. The molecule has 0 aromatic rings. The van der Waals surface area contributed by atoms with Crippen molar-refractivity contribution in [2.24, 2.45) is 0 Å². The van der Waals surface area contributed by atoms with Gasteiger partial charge in [-0.3, -0.25) is 0 Å². The molecule has 5 fully saturated rings. The molecule has 0 amide bonds. The van der Waals surface area contributed by atoms with Crippen molar-refractivity contribution in [3.63, 3.8) is 0 Å². The van der Waals surface area contributed by atoms with E-state index in [1.165, 1.54) is 86.8 Å². The van der Waals surface area contributed by atoms with Gasteiger partial charge in [0.1, 0.15) is 33.4 Å². The Labute approximate surface area is 449 Å². The summed E-state index contributed by atoms with van der Waals surface area (Å²) in [4.78, 5) is 115. The summed E-state index contributed by atoms with van der Waals surface area (Å²) in [5.41, 5.74) is -2.23. The van der Waals surface area contributed by atoms with Crippen LogP contribution in [0.3, 0.4) is 0 Å². The van der Waals surface area contributed by atoms with E-state index in [0.717, 1.165) is 18.2 Å². The van der Waals surface area contributed by atoms with Crippen LogP contribution in [0.5, 0.6) is 0 Å². The molecular formula is C55H54O24. The van der Waals surface area contributed by atoms with Crippen molar-refractivity contribution >= 4 is 53.7 Å². The molecule has 2 saturated carbocycles. The molecule has 4 spiro atoms. The zero-order valence-corrected chi connectivity index (χ0v) is 43.1. The number of carbonyl (C=O) groups is 9. The highest BCUT2D eigenvalue weighted by atomic mass is 16.8. The van der Waals surface area contributed by atoms with E-state index in [1.807, 2.05) is 13.8 Å². The van der Waals surface area contributed by atoms with Crippen LogP contribution in [0.25, 0.3) is 0 Å². The summed E-state index contributed by atoms with van der Waals surface area (Å²) in [7, 11) is 0. The van der Waals surface area contributed by atoms with Gasteiger partial charge in [0.2, 0.25) is 0 Å². The molecule has 24 heteroatoms. The Hall–Kier alpha value is -9.09. The summed E-state index contributed by atoms with van der Waals surface area (Å²) in [5.74, 6) is -20.1. The van der Waals surface area contributed by atoms with Crippen LogP contribution in [-0.4, -0.2) is 104 Å². The van der Waals surface area contributed by atoms with Gasteiger partial charge in [0, 0.05) is 78.1 Å². The normalized spacial score (nSPS) is 31.4. The van der Waals surface area contributed by atoms with Crippen molar-refractivity contribution in [1.82, 2.24) is 0 Å². The molecule has 0 aromatic carbocycles. The maximum atomic E-state index is 13.1.